The summed E-state index contributed by atoms with van der Waals surface area (Å²) in [5.74, 6) is 0.0421. The van der Waals surface area contributed by atoms with Crippen LogP contribution in [0.3, 0.4) is 0 Å². The van der Waals surface area contributed by atoms with E-state index in [1.165, 1.54) is 19.4 Å². The Kier molecular flexibility index (Phi) is 8.07. The molecule has 1 amide bonds. The van der Waals surface area contributed by atoms with E-state index in [0.717, 1.165) is 45.2 Å². The Labute approximate surface area is 118 Å². The number of hydrogen-bond acceptors (Lipinski definition) is 3. The fraction of sp³-hybridized carbons (Fsp3) is 0.933. The van der Waals surface area contributed by atoms with Crippen molar-refractivity contribution in [2.75, 3.05) is 19.6 Å². The standard InChI is InChI=1S/C15H31N3O/c1-3-5-7-14(16)15(19)17-13-8-11-18(12-9-13)10-6-4-2/h13-14H,3-12,16H2,1-2H3,(H,17,19)/t14-/m0/s1. The van der Waals surface area contributed by atoms with Crippen LogP contribution >= 0.6 is 0 Å². The van der Waals surface area contributed by atoms with E-state index in [1.807, 2.05) is 0 Å². The molecular formula is C15H31N3O. The van der Waals surface area contributed by atoms with Crippen LogP contribution < -0.4 is 11.1 Å². The lowest BCUT2D eigenvalue weighted by atomic mass is 10.0. The molecule has 112 valence electrons. The molecule has 1 fully saturated rings. The number of nitrogens with one attached hydrogen (secondary N) is 1. The summed E-state index contributed by atoms with van der Waals surface area (Å²) >= 11 is 0. The number of nitrogens with two attached hydrogens (primary N) is 1. The lowest BCUT2D eigenvalue weighted by Crippen LogP contribution is -2.49. The third kappa shape index (κ3) is 6.39. The minimum absolute atomic E-state index is 0.0421. The Balaban J connectivity index is 2.19. The maximum absolute atomic E-state index is 11.9. The molecule has 0 bridgehead atoms. The zero-order valence-corrected chi connectivity index (χ0v) is 12.7. The third-order valence-electron chi connectivity index (χ3n) is 3.97. The summed E-state index contributed by atoms with van der Waals surface area (Å²) in [6.45, 7) is 7.76. The zero-order valence-electron chi connectivity index (χ0n) is 12.7. The summed E-state index contributed by atoms with van der Waals surface area (Å²) in [6.07, 6.45) is 7.59. The van der Waals surface area contributed by atoms with Gasteiger partial charge in [0.1, 0.15) is 0 Å². The normalized spacial score (nSPS) is 19.3. The summed E-state index contributed by atoms with van der Waals surface area (Å²) in [5.41, 5.74) is 5.89. The van der Waals surface area contributed by atoms with Crippen LogP contribution in [0.1, 0.15) is 58.8 Å². The quantitative estimate of drug-likeness (QED) is 0.707. The van der Waals surface area contributed by atoms with Crippen molar-refractivity contribution < 1.29 is 4.79 Å². The number of carbonyl (C=O) groups excluding carboxylic acids is 1. The number of piperidine rings is 1. The van der Waals surface area contributed by atoms with Crippen molar-refractivity contribution in [2.45, 2.75) is 70.9 Å². The molecule has 0 saturated carbocycles. The van der Waals surface area contributed by atoms with Crippen molar-refractivity contribution in [3.05, 3.63) is 0 Å². The Morgan fingerprint density at radius 2 is 1.89 bits per heavy atom. The molecule has 0 aliphatic carbocycles. The molecule has 0 aromatic carbocycles. The van der Waals surface area contributed by atoms with Crippen LogP contribution in [-0.2, 0) is 4.79 Å². The van der Waals surface area contributed by atoms with E-state index in [9.17, 15) is 4.79 Å². The van der Waals surface area contributed by atoms with Gasteiger partial charge in [0.05, 0.1) is 6.04 Å². The average molecular weight is 269 g/mol. The largest absolute Gasteiger partial charge is 0.352 e. The van der Waals surface area contributed by atoms with Crippen LogP contribution in [0, 0.1) is 0 Å². The lowest BCUT2D eigenvalue weighted by molar-refractivity contribution is -0.123. The summed E-state index contributed by atoms with van der Waals surface area (Å²) in [4.78, 5) is 14.4. The SMILES string of the molecule is CCCC[C@H](N)C(=O)NC1CCN(CCCC)CC1. The van der Waals surface area contributed by atoms with Gasteiger partial charge in [0.15, 0.2) is 0 Å². The van der Waals surface area contributed by atoms with Gasteiger partial charge in [-0.3, -0.25) is 4.79 Å². The minimum atomic E-state index is -0.321. The molecule has 0 unspecified atom stereocenters. The van der Waals surface area contributed by atoms with Crippen LogP contribution in [0.15, 0.2) is 0 Å². The Morgan fingerprint density at radius 3 is 2.47 bits per heavy atom. The first-order chi connectivity index (χ1) is 9.17. The van der Waals surface area contributed by atoms with E-state index in [-0.39, 0.29) is 11.9 Å². The number of unbranched alkanes of at least 4 members (excludes halogenated alkanes) is 2. The molecule has 0 radical (unpaired) electrons. The Morgan fingerprint density at radius 1 is 1.26 bits per heavy atom. The molecule has 0 aromatic rings. The first kappa shape index (κ1) is 16.4. The van der Waals surface area contributed by atoms with Crippen molar-refractivity contribution in [3.63, 3.8) is 0 Å². The first-order valence-electron chi connectivity index (χ1n) is 7.95. The summed E-state index contributed by atoms with van der Waals surface area (Å²) in [6, 6.07) is 0.0103. The molecule has 0 aromatic heterocycles. The molecule has 1 aliphatic rings. The molecule has 1 rings (SSSR count). The average Bonchev–Trinajstić information content (AvgIpc) is 2.43. The molecule has 1 atom stereocenters. The van der Waals surface area contributed by atoms with Crippen molar-refractivity contribution in [2.24, 2.45) is 5.73 Å². The molecular weight excluding hydrogens is 238 g/mol. The minimum Gasteiger partial charge on any atom is -0.352 e. The van der Waals surface area contributed by atoms with Crippen molar-refractivity contribution >= 4 is 5.91 Å². The van der Waals surface area contributed by atoms with Crippen LogP contribution in [0.4, 0.5) is 0 Å². The van der Waals surface area contributed by atoms with Gasteiger partial charge < -0.3 is 16.0 Å². The highest BCUT2D eigenvalue weighted by atomic mass is 16.2. The van der Waals surface area contributed by atoms with E-state index < -0.39 is 0 Å². The Bertz CT molecular complexity index is 250. The summed E-state index contributed by atoms with van der Waals surface area (Å²) < 4.78 is 0. The van der Waals surface area contributed by atoms with Crippen LogP contribution in [-0.4, -0.2) is 42.5 Å². The van der Waals surface area contributed by atoms with Gasteiger partial charge in [-0.05, 0) is 32.2 Å². The van der Waals surface area contributed by atoms with Gasteiger partial charge in [0, 0.05) is 19.1 Å². The second kappa shape index (κ2) is 9.32. The number of hydrogen-bond donors (Lipinski definition) is 2. The number of likely N-dealkylation sites (tertiary alicyclic amines) is 1. The second-order valence-electron chi connectivity index (χ2n) is 5.73. The molecule has 19 heavy (non-hydrogen) atoms. The topological polar surface area (TPSA) is 58.4 Å². The number of rotatable bonds is 8. The first-order valence-corrected chi connectivity index (χ1v) is 7.95. The zero-order chi connectivity index (χ0) is 14.1. The molecule has 4 nitrogen and oxygen atoms in total. The fourth-order valence-corrected chi connectivity index (χ4v) is 2.55. The monoisotopic (exact) mass is 269 g/mol. The fourth-order valence-electron chi connectivity index (χ4n) is 2.55. The molecule has 1 saturated heterocycles. The van der Waals surface area contributed by atoms with Gasteiger partial charge in [0.25, 0.3) is 0 Å². The number of nitrogens with zero attached hydrogens (tertiary/aromatic N) is 1. The summed E-state index contributed by atoms with van der Waals surface area (Å²) in [5, 5.41) is 3.11. The molecule has 3 N–H and O–H groups in total. The molecule has 0 spiro atoms. The van der Waals surface area contributed by atoms with Gasteiger partial charge in [-0.25, -0.2) is 0 Å². The lowest BCUT2D eigenvalue weighted by Gasteiger charge is -2.32. The highest BCUT2D eigenvalue weighted by Crippen LogP contribution is 2.11. The van der Waals surface area contributed by atoms with Gasteiger partial charge in [-0.1, -0.05) is 33.1 Å². The Hall–Kier alpha value is -0.610. The molecule has 4 heteroatoms. The summed E-state index contributed by atoms with van der Waals surface area (Å²) in [7, 11) is 0. The maximum Gasteiger partial charge on any atom is 0.237 e. The number of carbonyl (C=O) groups is 1. The smallest absolute Gasteiger partial charge is 0.237 e. The van der Waals surface area contributed by atoms with E-state index in [1.54, 1.807) is 0 Å². The van der Waals surface area contributed by atoms with E-state index in [4.69, 9.17) is 5.73 Å². The van der Waals surface area contributed by atoms with E-state index >= 15 is 0 Å². The van der Waals surface area contributed by atoms with E-state index in [0.29, 0.717) is 6.04 Å². The van der Waals surface area contributed by atoms with E-state index in [2.05, 4.69) is 24.1 Å². The predicted octanol–water partition coefficient (Wildman–Crippen LogP) is 1.88. The van der Waals surface area contributed by atoms with Gasteiger partial charge in [0.2, 0.25) is 5.91 Å². The second-order valence-corrected chi connectivity index (χ2v) is 5.73. The van der Waals surface area contributed by atoms with Gasteiger partial charge >= 0.3 is 0 Å². The molecule has 1 aliphatic heterocycles. The van der Waals surface area contributed by atoms with Crippen molar-refractivity contribution in [1.29, 1.82) is 0 Å². The van der Waals surface area contributed by atoms with Crippen LogP contribution in [0.25, 0.3) is 0 Å². The third-order valence-corrected chi connectivity index (χ3v) is 3.97. The maximum atomic E-state index is 11.9. The van der Waals surface area contributed by atoms with Gasteiger partial charge in [-0.15, -0.1) is 0 Å². The highest BCUT2D eigenvalue weighted by Gasteiger charge is 2.22. The van der Waals surface area contributed by atoms with Crippen LogP contribution in [0.5, 0.6) is 0 Å². The number of amides is 1. The molecule has 1 heterocycles. The van der Waals surface area contributed by atoms with Crippen molar-refractivity contribution in [3.8, 4) is 0 Å². The van der Waals surface area contributed by atoms with Gasteiger partial charge in [-0.2, -0.15) is 0 Å². The highest BCUT2D eigenvalue weighted by molar-refractivity contribution is 5.81. The van der Waals surface area contributed by atoms with Crippen LogP contribution in [0.2, 0.25) is 0 Å². The predicted molar refractivity (Wildman–Crippen MR) is 80.0 cm³/mol. The van der Waals surface area contributed by atoms with Crippen molar-refractivity contribution in [1.82, 2.24) is 10.2 Å².